The molecule has 0 aliphatic heterocycles. The number of rotatable bonds is 5. The molecular weight excluding hydrogens is 262 g/mol. The Morgan fingerprint density at radius 1 is 1.10 bits per heavy atom. The molecule has 21 heavy (non-hydrogen) atoms. The lowest BCUT2D eigenvalue weighted by atomic mass is 10.0. The monoisotopic (exact) mass is 285 g/mol. The van der Waals surface area contributed by atoms with Crippen molar-refractivity contribution in [2.75, 3.05) is 0 Å². The van der Waals surface area contributed by atoms with E-state index in [0.717, 1.165) is 23.5 Å². The van der Waals surface area contributed by atoms with Gasteiger partial charge < -0.3 is 9.73 Å². The topological polar surface area (TPSA) is 42.2 Å². The standard InChI is InChI=1S/C18H23NO2/c1-12-5-6-16(13(2)9-12)7-8-18(20)19-11-17-10-14(3)21-15(17)4/h5-6,9-10H,7-8,11H2,1-4H3,(H,19,20). The summed E-state index contributed by atoms with van der Waals surface area (Å²) in [4.78, 5) is 11.9. The molecule has 2 aromatic rings. The molecule has 3 heteroatoms. The SMILES string of the molecule is Cc1ccc(CCC(=O)NCc2cc(C)oc2C)c(C)c1. The van der Waals surface area contributed by atoms with Gasteiger partial charge in [-0.2, -0.15) is 0 Å². The summed E-state index contributed by atoms with van der Waals surface area (Å²) in [6.45, 7) is 8.55. The fourth-order valence-corrected chi connectivity index (χ4v) is 2.52. The predicted molar refractivity (Wildman–Crippen MR) is 84.3 cm³/mol. The van der Waals surface area contributed by atoms with Crippen LogP contribution in [0.2, 0.25) is 0 Å². The summed E-state index contributed by atoms with van der Waals surface area (Å²) in [5.74, 6) is 1.84. The molecule has 1 N–H and O–H groups in total. The maximum Gasteiger partial charge on any atom is 0.220 e. The molecule has 0 unspecified atom stereocenters. The molecule has 0 aliphatic rings. The van der Waals surface area contributed by atoms with E-state index >= 15 is 0 Å². The summed E-state index contributed by atoms with van der Waals surface area (Å²) in [6.07, 6.45) is 1.29. The number of benzene rings is 1. The normalized spacial score (nSPS) is 10.7. The summed E-state index contributed by atoms with van der Waals surface area (Å²) in [6, 6.07) is 8.34. The molecule has 0 saturated carbocycles. The lowest BCUT2D eigenvalue weighted by molar-refractivity contribution is -0.121. The number of carbonyl (C=O) groups excluding carboxylic acids is 1. The van der Waals surface area contributed by atoms with Crippen LogP contribution in [0.4, 0.5) is 0 Å². The highest BCUT2D eigenvalue weighted by atomic mass is 16.3. The van der Waals surface area contributed by atoms with E-state index in [2.05, 4.69) is 37.4 Å². The summed E-state index contributed by atoms with van der Waals surface area (Å²) in [5, 5.41) is 2.96. The highest BCUT2D eigenvalue weighted by Gasteiger charge is 2.08. The first-order valence-electron chi connectivity index (χ1n) is 7.34. The number of hydrogen-bond acceptors (Lipinski definition) is 2. The second-order valence-electron chi connectivity index (χ2n) is 5.65. The van der Waals surface area contributed by atoms with Gasteiger partial charge in [0.2, 0.25) is 5.91 Å². The molecule has 1 heterocycles. The van der Waals surface area contributed by atoms with Crippen molar-refractivity contribution in [2.45, 2.75) is 47.1 Å². The second-order valence-corrected chi connectivity index (χ2v) is 5.65. The van der Waals surface area contributed by atoms with E-state index < -0.39 is 0 Å². The quantitative estimate of drug-likeness (QED) is 0.908. The average Bonchev–Trinajstić information content (AvgIpc) is 2.73. The number of amides is 1. The average molecular weight is 285 g/mol. The van der Waals surface area contributed by atoms with Crippen LogP contribution in [-0.4, -0.2) is 5.91 Å². The Bertz CT molecular complexity index is 641. The minimum absolute atomic E-state index is 0.0771. The van der Waals surface area contributed by atoms with E-state index in [9.17, 15) is 4.79 Å². The van der Waals surface area contributed by atoms with Gasteiger partial charge in [-0.15, -0.1) is 0 Å². The molecule has 1 aromatic carbocycles. The van der Waals surface area contributed by atoms with E-state index in [1.165, 1.54) is 16.7 Å². The Hall–Kier alpha value is -2.03. The van der Waals surface area contributed by atoms with Crippen molar-refractivity contribution in [3.05, 3.63) is 58.0 Å². The van der Waals surface area contributed by atoms with Gasteiger partial charge in [0.1, 0.15) is 11.5 Å². The first-order chi connectivity index (χ1) is 9.95. The molecule has 1 aromatic heterocycles. The maximum atomic E-state index is 11.9. The van der Waals surface area contributed by atoms with Crippen LogP contribution in [0.15, 0.2) is 28.7 Å². The number of aryl methyl sites for hydroxylation is 5. The van der Waals surface area contributed by atoms with Crippen molar-refractivity contribution in [2.24, 2.45) is 0 Å². The Morgan fingerprint density at radius 3 is 2.48 bits per heavy atom. The lowest BCUT2D eigenvalue weighted by Gasteiger charge is -2.07. The van der Waals surface area contributed by atoms with Crippen molar-refractivity contribution in [1.82, 2.24) is 5.32 Å². The predicted octanol–water partition coefficient (Wildman–Crippen LogP) is 3.76. The fraction of sp³-hybridized carbons (Fsp3) is 0.389. The molecule has 0 spiro atoms. The largest absolute Gasteiger partial charge is 0.466 e. The summed E-state index contributed by atoms with van der Waals surface area (Å²) < 4.78 is 5.45. The minimum atomic E-state index is 0.0771. The van der Waals surface area contributed by atoms with Gasteiger partial charge >= 0.3 is 0 Å². The molecule has 3 nitrogen and oxygen atoms in total. The first-order valence-corrected chi connectivity index (χ1v) is 7.34. The van der Waals surface area contributed by atoms with Crippen molar-refractivity contribution >= 4 is 5.91 Å². The van der Waals surface area contributed by atoms with Crippen LogP contribution in [0.1, 0.15) is 40.2 Å². The Balaban J connectivity index is 1.83. The van der Waals surface area contributed by atoms with Gasteiger partial charge in [-0.3, -0.25) is 4.79 Å². The molecule has 1 amide bonds. The summed E-state index contributed by atoms with van der Waals surface area (Å²) in [7, 11) is 0. The minimum Gasteiger partial charge on any atom is -0.466 e. The maximum absolute atomic E-state index is 11.9. The molecule has 112 valence electrons. The van der Waals surface area contributed by atoms with Gasteiger partial charge in [0.15, 0.2) is 0 Å². The van der Waals surface area contributed by atoms with Gasteiger partial charge in [0.25, 0.3) is 0 Å². The van der Waals surface area contributed by atoms with Crippen molar-refractivity contribution in [3.63, 3.8) is 0 Å². The highest BCUT2D eigenvalue weighted by Crippen LogP contribution is 2.14. The van der Waals surface area contributed by atoms with E-state index in [0.29, 0.717) is 13.0 Å². The molecular formula is C18H23NO2. The number of furan rings is 1. The van der Waals surface area contributed by atoms with Crippen LogP contribution in [0.25, 0.3) is 0 Å². The first kappa shape index (κ1) is 15.4. The third-order valence-corrected chi connectivity index (χ3v) is 3.74. The highest BCUT2D eigenvalue weighted by molar-refractivity contribution is 5.76. The Labute approximate surface area is 126 Å². The van der Waals surface area contributed by atoms with Crippen LogP contribution >= 0.6 is 0 Å². The van der Waals surface area contributed by atoms with Gasteiger partial charge in [-0.05, 0) is 51.3 Å². The third-order valence-electron chi connectivity index (χ3n) is 3.74. The molecule has 0 saturated heterocycles. The molecule has 0 aliphatic carbocycles. The molecule has 2 rings (SSSR count). The Kier molecular flexibility index (Phi) is 4.84. The zero-order valence-electron chi connectivity index (χ0n) is 13.2. The molecule has 0 fully saturated rings. The molecule has 0 bridgehead atoms. The molecule has 0 atom stereocenters. The number of nitrogens with one attached hydrogen (secondary N) is 1. The van der Waals surface area contributed by atoms with E-state index in [4.69, 9.17) is 4.42 Å². The van der Waals surface area contributed by atoms with Crippen molar-refractivity contribution in [1.29, 1.82) is 0 Å². The summed E-state index contributed by atoms with van der Waals surface area (Å²) >= 11 is 0. The zero-order valence-corrected chi connectivity index (χ0v) is 13.2. The van der Waals surface area contributed by atoms with Crippen LogP contribution in [0.5, 0.6) is 0 Å². The van der Waals surface area contributed by atoms with Crippen LogP contribution in [0, 0.1) is 27.7 Å². The zero-order chi connectivity index (χ0) is 15.4. The van der Waals surface area contributed by atoms with E-state index in [-0.39, 0.29) is 5.91 Å². The smallest absolute Gasteiger partial charge is 0.220 e. The van der Waals surface area contributed by atoms with Gasteiger partial charge in [0.05, 0.1) is 0 Å². The number of hydrogen-bond donors (Lipinski definition) is 1. The van der Waals surface area contributed by atoms with Gasteiger partial charge in [-0.1, -0.05) is 23.8 Å². The summed E-state index contributed by atoms with van der Waals surface area (Å²) in [5.41, 5.74) is 4.80. The van der Waals surface area contributed by atoms with Crippen LogP contribution in [-0.2, 0) is 17.8 Å². The third kappa shape index (κ3) is 4.22. The van der Waals surface area contributed by atoms with Crippen LogP contribution in [0.3, 0.4) is 0 Å². The number of carbonyl (C=O) groups is 1. The fourth-order valence-electron chi connectivity index (χ4n) is 2.52. The van der Waals surface area contributed by atoms with Crippen LogP contribution < -0.4 is 5.32 Å². The van der Waals surface area contributed by atoms with Crippen molar-refractivity contribution < 1.29 is 9.21 Å². The molecule has 0 radical (unpaired) electrons. The van der Waals surface area contributed by atoms with Gasteiger partial charge in [-0.25, -0.2) is 0 Å². The second kappa shape index (κ2) is 6.61. The van der Waals surface area contributed by atoms with E-state index in [1.54, 1.807) is 0 Å². The lowest BCUT2D eigenvalue weighted by Crippen LogP contribution is -2.23. The van der Waals surface area contributed by atoms with E-state index in [1.807, 2.05) is 19.9 Å². The Morgan fingerprint density at radius 2 is 1.86 bits per heavy atom. The van der Waals surface area contributed by atoms with Gasteiger partial charge in [0, 0.05) is 18.5 Å². The van der Waals surface area contributed by atoms with Crippen molar-refractivity contribution in [3.8, 4) is 0 Å².